The summed E-state index contributed by atoms with van der Waals surface area (Å²) in [5.41, 5.74) is 6.48. The summed E-state index contributed by atoms with van der Waals surface area (Å²) in [4.78, 5) is 111. The molecule has 0 radical (unpaired) electrons. The Hall–Kier alpha value is -11.0. The van der Waals surface area contributed by atoms with Crippen LogP contribution in [-0.2, 0) is 50.5 Å². The minimum Gasteiger partial charge on any atom is -0.502 e. The smallest absolute Gasteiger partial charge is 0.305 e. The Balaban J connectivity index is 0.000000127. The Kier molecular flexibility index (Phi) is 20.8. The fourth-order valence-corrected chi connectivity index (χ4v) is 19.5. The summed E-state index contributed by atoms with van der Waals surface area (Å²) in [6, 6.07) is 40.0. The zero-order chi connectivity index (χ0) is 78.1. The van der Waals surface area contributed by atoms with E-state index in [2.05, 4.69) is 0 Å². The van der Waals surface area contributed by atoms with Gasteiger partial charge in [0.05, 0.1) is 75.9 Å². The quantitative estimate of drug-likeness (QED) is 0.104. The largest absolute Gasteiger partial charge is 0.502 e. The van der Waals surface area contributed by atoms with Gasteiger partial charge in [0.25, 0.3) is 17.7 Å². The van der Waals surface area contributed by atoms with Crippen LogP contribution in [0.4, 0.5) is 13.2 Å². The van der Waals surface area contributed by atoms with Crippen LogP contribution in [0.15, 0.2) is 193 Å². The fraction of sp³-hybridized carbons (Fsp3) is 0.309. The predicted octanol–water partition coefficient (Wildman–Crippen LogP) is 10.1. The van der Waals surface area contributed by atoms with Crippen LogP contribution >= 0.6 is 35.3 Å². The zero-order valence-electron chi connectivity index (χ0n) is 61.0. The average Bonchev–Trinajstić information content (AvgIpc) is 0.916. The number of aromatic hydroxyl groups is 1. The van der Waals surface area contributed by atoms with Crippen molar-refractivity contribution in [1.29, 1.82) is 0 Å². The standard InChI is InChI=1S/2C28H26FN3O6S.C25H22FN3O4S/c2*1-16-12-36-13-24-31(16)28(35)26-27(38-15-37-17(2)33)22(34)9-10-30(26)32(24)25-20-8-7-19(29)11-18(20)14-39-23-6-4-3-5-21(23)25;1-14-11-33-12-21-28(14)25(32)23-24(31)19(30)8-9-27(23)29(21)22-17-7-6-16(26)10-15(17)13-34-20-5-3-2-4-18(20)22/h2*3-11,16,24-25H,12-15H2,1-2H3;2-10,14,21-22,31H,11-13H2,1H3/t2*16-,24+,25-;14-,21+,22-/m000/s1. The highest BCUT2D eigenvalue weighted by Gasteiger charge is 2.52. The van der Waals surface area contributed by atoms with Gasteiger partial charge in [-0.2, -0.15) is 0 Å². The number of esters is 2. The third-order valence-electron chi connectivity index (χ3n) is 21.1. The second-order valence-electron chi connectivity index (χ2n) is 28.0. The normalized spacial score (nSPS) is 22.2. The molecular weight excluding hydrogens is 1510 g/mol. The molecule has 31 heteroatoms. The number of hydrogen-bond acceptors (Lipinski definition) is 22. The molecule has 18 rings (SSSR count). The molecule has 0 bridgehead atoms. The molecule has 3 fully saturated rings. The van der Waals surface area contributed by atoms with E-state index in [1.54, 1.807) is 113 Å². The summed E-state index contributed by atoms with van der Waals surface area (Å²) in [7, 11) is 0. The Morgan fingerprint density at radius 2 is 0.732 bits per heavy atom. The molecule has 9 atom stereocenters. The summed E-state index contributed by atoms with van der Waals surface area (Å²) in [5.74, 6) is -2.56. The lowest BCUT2D eigenvalue weighted by Gasteiger charge is -2.53. The number of aromatic nitrogens is 3. The molecule has 3 aromatic heterocycles. The molecule has 6 aromatic carbocycles. The third-order valence-corrected chi connectivity index (χ3v) is 24.5. The first-order chi connectivity index (χ1) is 54.1. The predicted molar refractivity (Wildman–Crippen MR) is 406 cm³/mol. The van der Waals surface area contributed by atoms with Crippen LogP contribution in [0.1, 0.15) is 134 Å². The van der Waals surface area contributed by atoms with Gasteiger partial charge in [0, 0.05) is 82.6 Å². The van der Waals surface area contributed by atoms with Crippen molar-refractivity contribution >= 4 is 64.9 Å². The first-order valence-corrected chi connectivity index (χ1v) is 39.2. The molecule has 3 amide bonds. The lowest BCUT2D eigenvalue weighted by Crippen LogP contribution is -2.68. The van der Waals surface area contributed by atoms with Crippen LogP contribution < -0.4 is 40.8 Å². The van der Waals surface area contributed by atoms with Crippen molar-refractivity contribution in [3.8, 4) is 17.2 Å². The SMILES string of the molecule is CC(=O)OCOc1c2n(ccc1=O)N([C@H]1c3ccc(F)cc3CSc3ccccc31)[C@@H]1COC[C@H](C)N1C2=O.CC(=O)OCOc1c2n(ccc1=O)N([C@H]1c3ccc(F)cc3CSc3ccccc31)[C@@H]1COC[C@H](C)N1C2=O.C[C@H]1COC[C@@H]2N1C(=O)c1c(O)c(=O)ccn1N2[C@H]1c2ccc(F)cc2CSc2ccccc21. The molecule has 25 nitrogen and oxygen atoms in total. The first-order valence-electron chi connectivity index (χ1n) is 36.2. The maximum Gasteiger partial charge on any atom is 0.305 e. The number of carbonyl (C=O) groups excluding carboxylic acids is 5. The number of morpholine rings is 3. The van der Waals surface area contributed by atoms with Gasteiger partial charge in [-0.1, -0.05) is 72.8 Å². The van der Waals surface area contributed by atoms with E-state index in [1.165, 1.54) is 56.4 Å². The molecular formula is C81H74F3N9O16S3. The summed E-state index contributed by atoms with van der Waals surface area (Å²) in [6.45, 7) is 8.82. The lowest BCUT2D eigenvalue weighted by molar-refractivity contribution is -0.148. The zero-order valence-corrected chi connectivity index (χ0v) is 63.5. The second-order valence-corrected chi connectivity index (χ2v) is 31.1. The van der Waals surface area contributed by atoms with Gasteiger partial charge >= 0.3 is 11.9 Å². The topological polar surface area (TPSA) is 256 Å². The molecule has 0 aliphatic carbocycles. The van der Waals surface area contributed by atoms with E-state index >= 15 is 0 Å². The number of nitrogens with zero attached hydrogens (tertiary/aromatic N) is 9. The number of benzene rings is 6. The summed E-state index contributed by atoms with van der Waals surface area (Å²) in [5, 5.41) is 16.7. The summed E-state index contributed by atoms with van der Waals surface area (Å²) in [6.07, 6.45) is 3.07. The number of rotatable bonds is 9. The molecule has 112 heavy (non-hydrogen) atoms. The highest BCUT2D eigenvalue weighted by molar-refractivity contribution is 7.99. The van der Waals surface area contributed by atoms with Crippen LogP contribution in [0.2, 0.25) is 0 Å². The van der Waals surface area contributed by atoms with Gasteiger partial charge in [0.2, 0.25) is 41.4 Å². The molecule has 9 aromatic rings. The van der Waals surface area contributed by atoms with Crippen LogP contribution in [0.3, 0.4) is 0 Å². The Morgan fingerprint density at radius 1 is 0.420 bits per heavy atom. The van der Waals surface area contributed by atoms with E-state index in [0.717, 1.165) is 64.8 Å². The van der Waals surface area contributed by atoms with Crippen LogP contribution in [0.5, 0.6) is 17.2 Å². The lowest BCUT2D eigenvalue weighted by atomic mass is 9.93. The number of fused-ring (bicyclic) bond motifs is 12. The number of ether oxygens (including phenoxy) is 7. The Morgan fingerprint density at radius 3 is 1.07 bits per heavy atom. The van der Waals surface area contributed by atoms with Gasteiger partial charge < -0.3 is 53.0 Å². The van der Waals surface area contributed by atoms with Crippen molar-refractivity contribution in [3.63, 3.8) is 0 Å². The molecule has 3 saturated heterocycles. The van der Waals surface area contributed by atoms with Gasteiger partial charge in [0.15, 0.2) is 22.8 Å². The number of hydrogen-bond donors (Lipinski definition) is 1. The van der Waals surface area contributed by atoms with E-state index in [0.29, 0.717) is 37.1 Å². The maximum absolute atomic E-state index is 14.4. The van der Waals surface area contributed by atoms with Gasteiger partial charge in [-0.05, 0) is 125 Å². The number of amides is 3. The van der Waals surface area contributed by atoms with E-state index in [-0.39, 0.29) is 84.0 Å². The molecule has 12 heterocycles. The summed E-state index contributed by atoms with van der Waals surface area (Å²) >= 11 is 4.88. The third kappa shape index (κ3) is 13.6. The molecule has 9 aliphatic heterocycles. The number of thioether (sulfide) groups is 3. The molecule has 9 aliphatic rings. The van der Waals surface area contributed by atoms with Crippen molar-refractivity contribution in [2.75, 3.05) is 68.3 Å². The second kappa shape index (κ2) is 31.0. The van der Waals surface area contributed by atoms with Gasteiger partial charge in [-0.25, -0.2) is 13.2 Å². The highest BCUT2D eigenvalue weighted by Crippen LogP contribution is 2.49. The van der Waals surface area contributed by atoms with E-state index in [4.69, 9.17) is 33.2 Å². The van der Waals surface area contributed by atoms with E-state index in [1.807, 2.05) is 109 Å². The van der Waals surface area contributed by atoms with Crippen molar-refractivity contribution in [2.24, 2.45) is 0 Å². The number of halogens is 3. The van der Waals surface area contributed by atoms with Gasteiger partial charge in [0.1, 0.15) is 35.9 Å². The van der Waals surface area contributed by atoms with Crippen molar-refractivity contribution in [2.45, 2.75) is 121 Å². The molecule has 0 unspecified atom stereocenters. The maximum atomic E-state index is 14.4. The number of pyridine rings is 3. The Labute approximate surface area is 651 Å². The minimum absolute atomic E-state index is 0.0256. The van der Waals surface area contributed by atoms with Gasteiger partial charge in [-0.15, -0.1) is 35.3 Å². The van der Waals surface area contributed by atoms with Gasteiger partial charge in [-0.3, -0.25) is 67.4 Å². The Bertz CT molecular complexity index is 5250. The summed E-state index contributed by atoms with van der Waals surface area (Å²) < 4.78 is 86.8. The minimum atomic E-state index is -0.613. The van der Waals surface area contributed by atoms with E-state index < -0.39 is 102 Å². The molecule has 0 spiro atoms. The molecule has 0 saturated carbocycles. The van der Waals surface area contributed by atoms with Crippen molar-refractivity contribution in [1.82, 2.24) is 28.7 Å². The monoisotopic (exact) mass is 1580 g/mol. The van der Waals surface area contributed by atoms with E-state index in [9.17, 15) is 56.6 Å². The fourth-order valence-electron chi connectivity index (χ4n) is 16.3. The average molecular weight is 1580 g/mol. The molecule has 1 N–H and O–H groups in total. The molecule has 578 valence electrons. The van der Waals surface area contributed by atoms with Crippen LogP contribution in [0, 0.1) is 17.5 Å². The van der Waals surface area contributed by atoms with Crippen molar-refractivity contribution in [3.05, 3.63) is 279 Å². The number of carbonyl (C=O) groups is 5. The van der Waals surface area contributed by atoms with Crippen molar-refractivity contribution < 1.29 is 75.4 Å². The van der Waals surface area contributed by atoms with Crippen LogP contribution in [-0.4, -0.2) is 153 Å². The highest BCUT2D eigenvalue weighted by atomic mass is 32.2. The van der Waals surface area contributed by atoms with Crippen LogP contribution in [0.25, 0.3) is 0 Å². The first kappa shape index (κ1) is 75.1.